The van der Waals surface area contributed by atoms with Gasteiger partial charge in [0.05, 0.1) is 11.8 Å². The van der Waals surface area contributed by atoms with E-state index in [-0.39, 0.29) is 17.6 Å². The first kappa shape index (κ1) is 16.4. The normalized spacial score (nSPS) is 13.6. The third-order valence-electron chi connectivity index (χ3n) is 3.31. The maximum atomic E-state index is 11.9. The van der Waals surface area contributed by atoms with Crippen molar-refractivity contribution in [2.24, 2.45) is 5.92 Å². The Kier molecular flexibility index (Phi) is 5.46. The third-order valence-corrected chi connectivity index (χ3v) is 4.40. The highest BCUT2D eigenvalue weighted by atomic mass is 32.2. The lowest BCUT2D eigenvalue weighted by atomic mass is 9.90. The van der Waals surface area contributed by atoms with Gasteiger partial charge in [0.2, 0.25) is 5.91 Å². The standard InChI is InChI=1S/C15H21N3OS/c1-10(2)15(4,9-16)18-14(19)8-20-13-6-5-11(3)7-12(13)17/h5-7,10H,8,17H2,1-4H3,(H,18,19). The Morgan fingerprint density at radius 1 is 1.55 bits per heavy atom. The number of anilines is 1. The first-order valence-corrected chi connectivity index (χ1v) is 7.48. The van der Waals surface area contributed by atoms with Crippen LogP contribution in [0.2, 0.25) is 0 Å². The Labute approximate surface area is 124 Å². The van der Waals surface area contributed by atoms with Crippen molar-refractivity contribution in [3.63, 3.8) is 0 Å². The van der Waals surface area contributed by atoms with E-state index in [0.29, 0.717) is 5.69 Å². The third kappa shape index (κ3) is 4.17. The van der Waals surface area contributed by atoms with E-state index in [0.717, 1.165) is 10.5 Å². The second-order valence-electron chi connectivity index (χ2n) is 5.35. The average Bonchev–Trinajstić information content (AvgIpc) is 2.37. The summed E-state index contributed by atoms with van der Waals surface area (Å²) < 4.78 is 0. The lowest BCUT2D eigenvalue weighted by Crippen LogP contribution is -2.49. The number of nitriles is 1. The van der Waals surface area contributed by atoms with Crippen molar-refractivity contribution >= 4 is 23.4 Å². The fraction of sp³-hybridized carbons (Fsp3) is 0.467. The molecule has 4 nitrogen and oxygen atoms in total. The van der Waals surface area contributed by atoms with E-state index >= 15 is 0 Å². The molecule has 1 aromatic rings. The fourth-order valence-corrected chi connectivity index (χ4v) is 2.32. The molecule has 108 valence electrons. The van der Waals surface area contributed by atoms with Crippen LogP contribution in [0.1, 0.15) is 26.3 Å². The molecule has 1 unspecified atom stereocenters. The summed E-state index contributed by atoms with van der Waals surface area (Å²) in [6.07, 6.45) is 0. The first-order chi connectivity index (χ1) is 9.28. The summed E-state index contributed by atoms with van der Waals surface area (Å²) in [7, 11) is 0. The van der Waals surface area contributed by atoms with Crippen LogP contribution in [0.25, 0.3) is 0 Å². The van der Waals surface area contributed by atoms with Gasteiger partial charge in [-0.3, -0.25) is 4.79 Å². The van der Waals surface area contributed by atoms with Gasteiger partial charge in [0.25, 0.3) is 0 Å². The molecule has 3 N–H and O–H groups in total. The number of carbonyl (C=O) groups excluding carboxylic acids is 1. The number of hydrogen-bond acceptors (Lipinski definition) is 4. The van der Waals surface area contributed by atoms with Crippen LogP contribution in [0.5, 0.6) is 0 Å². The van der Waals surface area contributed by atoms with E-state index in [1.54, 1.807) is 6.92 Å². The lowest BCUT2D eigenvalue weighted by molar-refractivity contribution is -0.120. The zero-order valence-electron chi connectivity index (χ0n) is 12.4. The summed E-state index contributed by atoms with van der Waals surface area (Å²) in [6, 6.07) is 7.92. The van der Waals surface area contributed by atoms with Gasteiger partial charge in [-0.05, 0) is 37.5 Å². The molecule has 0 spiro atoms. The fourth-order valence-electron chi connectivity index (χ4n) is 1.57. The highest BCUT2D eigenvalue weighted by Crippen LogP contribution is 2.26. The molecule has 0 heterocycles. The lowest BCUT2D eigenvalue weighted by Gasteiger charge is -2.27. The summed E-state index contributed by atoms with van der Waals surface area (Å²) in [5.41, 5.74) is 6.83. The number of nitrogen functional groups attached to an aromatic ring is 1. The number of amides is 1. The van der Waals surface area contributed by atoms with Crippen molar-refractivity contribution in [2.45, 2.75) is 38.1 Å². The maximum Gasteiger partial charge on any atom is 0.231 e. The smallest absolute Gasteiger partial charge is 0.231 e. The minimum Gasteiger partial charge on any atom is -0.398 e. The molecular weight excluding hydrogens is 270 g/mol. The predicted octanol–water partition coefficient (Wildman–Crippen LogP) is 2.72. The molecule has 1 atom stereocenters. The van der Waals surface area contributed by atoms with E-state index in [1.165, 1.54) is 11.8 Å². The summed E-state index contributed by atoms with van der Waals surface area (Å²) in [5.74, 6) is 0.135. The number of nitrogens with zero attached hydrogens (tertiary/aromatic N) is 1. The SMILES string of the molecule is Cc1ccc(SCC(=O)NC(C)(C#N)C(C)C)c(N)c1. The van der Waals surface area contributed by atoms with Crippen molar-refractivity contribution in [3.8, 4) is 6.07 Å². The van der Waals surface area contributed by atoms with Crippen molar-refractivity contribution in [1.82, 2.24) is 5.32 Å². The molecule has 0 saturated carbocycles. The highest BCUT2D eigenvalue weighted by Gasteiger charge is 2.29. The van der Waals surface area contributed by atoms with Crippen molar-refractivity contribution < 1.29 is 4.79 Å². The molecule has 0 fully saturated rings. The number of thioether (sulfide) groups is 1. The van der Waals surface area contributed by atoms with Crippen LogP contribution in [-0.4, -0.2) is 17.2 Å². The van der Waals surface area contributed by atoms with Gasteiger partial charge in [0, 0.05) is 10.6 Å². The first-order valence-electron chi connectivity index (χ1n) is 6.49. The van der Waals surface area contributed by atoms with Crippen LogP contribution in [0, 0.1) is 24.2 Å². The minimum atomic E-state index is -0.837. The van der Waals surface area contributed by atoms with Crippen molar-refractivity contribution in [1.29, 1.82) is 5.26 Å². The van der Waals surface area contributed by atoms with Crippen molar-refractivity contribution in [2.75, 3.05) is 11.5 Å². The van der Waals surface area contributed by atoms with Gasteiger partial charge in [-0.2, -0.15) is 5.26 Å². The van der Waals surface area contributed by atoms with Gasteiger partial charge < -0.3 is 11.1 Å². The largest absolute Gasteiger partial charge is 0.398 e. The average molecular weight is 291 g/mol. The molecule has 5 heteroatoms. The Hall–Kier alpha value is -1.67. The zero-order chi connectivity index (χ0) is 15.3. The number of rotatable bonds is 5. The zero-order valence-corrected chi connectivity index (χ0v) is 13.2. The second kappa shape index (κ2) is 6.67. The van der Waals surface area contributed by atoms with Gasteiger partial charge in [0.15, 0.2) is 0 Å². The molecule has 1 amide bonds. The topological polar surface area (TPSA) is 78.9 Å². The number of nitrogens with two attached hydrogens (primary N) is 1. The number of hydrogen-bond donors (Lipinski definition) is 2. The van der Waals surface area contributed by atoms with Gasteiger partial charge >= 0.3 is 0 Å². The number of nitrogens with one attached hydrogen (secondary N) is 1. The second-order valence-corrected chi connectivity index (χ2v) is 6.36. The molecule has 0 radical (unpaired) electrons. The molecule has 0 aliphatic carbocycles. The molecule has 0 aliphatic heterocycles. The molecule has 0 saturated heterocycles. The van der Waals surface area contributed by atoms with E-state index in [9.17, 15) is 10.1 Å². The Balaban J connectivity index is 2.62. The van der Waals surface area contributed by atoms with Crippen LogP contribution in [0.4, 0.5) is 5.69 Å². The van der Waals surface area contributed by atoms with Gasteiger partial charge in [-0.15, -0.1) is 11.8 Å². The van der Waals surface area contributed by atoms with Gasteiger partial charge in [0.1, 0.15) is 5.54 Å². The number of benzene rings is 1. The van der Waals surface area contributed by atoms with Gasteiger partial charge in [-0.1, -0.05) is 19.9 Å². The summed E-state index contributed by atoms with van der Waals surface area (Å²) in [6.45, 7) is 7.53. The van der Waals surface area contributed by atoms with Crippen LogP contribution in [0.3, 0.4) is 0 Å². The van der Waals surface area contributed by atoms with E-state index in [2.05, 4.69) is 11.4 Å². The monoisotopic (exact) mass is 291 g/mol. The minimum absolute atomic E-state index is 0.0471. The molecule has 1 aromatic carbocycles. The highest BCUT2D eigenvalue weighted by molar-refractivity contribution is 8.00. The Morgan fingerprint density at radius 2 is 2.20 bits per heavy atom. The van der Waals surface area contributed by atoms with Gasteiger partial charge in [-0.25, -0.2) is 0 Å². The number of aryl methyl sites for hydroxylation is 1. The molecule has 0 aliphatic rings. The molecule has 0 aromatic heterocycles. The van der Waals surface area contributed by atoms with Crippen LogP contribution in [-0.2, 0) is 4.79 Å². The van der Waals surface area contributed by atoms with Crippen LogP contribution < -0.4 is 11.1 Å². The summed E-state index contributed by atoms with van der Waals surface area (Å²) >= 11 is 1.38. The maximum absolute atomic E-state index is 11.9. The Bertz CT molecular complexity index is 536. The van der Waals surface area contributed by atoms with Crippen LogP contribution >= 0.6 is 11.8 Å². The molecule has 20 heavy (non-hydrogen) atoms. The van der Waals surface area contributed by atoms with E-state index in [4.69, 9.17) is 5.73 Å². The molecular formula is C15H21N3OS. The summed E-state index contributed by atoms with van der Waals surface area (Å²) in [5, 5.41) is 12.0. The summed E-state index contributed by atoms with van der Waals surface area (Å²) in [4.78, 5) is 12.8. The molecule has 1 rings (SSSR count). The quantitative estimate of drug-likeness (QED) is 0.646. The van der Waals surface area contributed by atoms with E-state index < -0.39 is 5.54 Å². The molecule has 0 bridgehead atoms. The number of carbonyl (C=O) groups is 1. The van der Waals surface area contributed by atoms with Crippen molar-refractivity contribution in [3.05, 3.63) is 23.8 Å². The predicted molar refractivity (Wildman–Crippen MR) is 83.3 cm³/mol. The van der Waals surface area contributed by atoms with E-state index in [1.807, 2.05) is 39.0 Å². The van der Waals surface area contributed by atoms with Crippen LogP contribution in [0.15, 0.2) is 23.1 Å². The Morgan fingerprint density at radius 3 is 2.70 bits per heavy atom.